The normalized spacial score (nSPS) is 25.9. The molecule has 4 nitrogen and oxygen atoms in total. The Kier molecular flexibility index (Phi) is 3.28. The SMILES string of the molecule is Cc1nnc(N2CCC(Cl)C(C)C2)nc1C. The maximum absolute atomic E-state index is 6.19. The number of anilines is 1. The lowest BCUT2D eigenvalue weighted by atomic mass is 10.00. The fraction of sp³-hybridized carbons (Fsp3) is 0.727. The van der Waals surface area contributed by atoms with Crippen LogP contribution in [0.2, 0.25) is 0 Å². The van der Waals surface area contributed by atoms with Crippen molar-refractivity contribution in [3.05, 3.63) is 11.4 Å². The van der Waals surface area contributed by atoms with Crippen LogP contribution in [0, 0.1) is 19.8 Å². The predicted molar refractivity (Wildman–Crippen MR) is 64.9 cm³/mol. The summed E-state index contributed by atoms with van der Waals surface area (Å²) < 4.78 is 0. The fourth-order valence-electron chi connectivity index (χ4n) is 1.88. The number of aromatic nitrogens is 3. The Morgan fingerprint density at radius 1 is 1.25 bits per heavy atom. The van der Waals surface area contributed by atoms with Crippen LogP contribution in [0.4, 0.5) is 5.95 Å². The van der Waals surface area contributed by atoms with Crippen LogP contribution >= 0.6 is 11.6 Å². The first kappa shape index (κ1) is 11.6. The summed E-state index contributed by atoms with van der Waals surface area (Å²) in [4.78, 5) is 6.63. The number of hydrogen-bond acceptors (Lipinski definition) is 4. The Morgan fingerprint density at radius 3 is 2.62 bits per heavy atom. The lowest BCUT2D eigenvalue weighted by Gasteiger charge is -2.33. The molecule has 1 fully saturated rings. The minimum Gasteiger partial charge on any atom is -0.339 e. The Labute approximate surface area is 101 Å². The molecule has 0 amide bonds. The average molecular weight is 241 g/mol. The van der Waals surface area contributed by atoms with Gasteiger partial charge in [-0.05, 0) is 26.2 Å². The Balaban J connectivity index is 2.15. The maximum Gasteiger partial charge on any atom is 0.245 e. The van der Waals surface area contributed by atoms with Gasteiger partial charge in [-0.2, -0.15) is 5.10 Å². The molecule has 16 heavy (non-hydrogen) atoms. The monoisotopic (exact) mass is 240 g/mol. The van der Waals surface area contributed by atoms with Crippen molar-refractivity contribution in [2.75, 3.05) is 18.0 Å². The van der Waals surface area contributed by atoms with Gasteiger partial charge in [-0.3, -0.25) is 0 Å². The van der Waals surface area contributed by atoms with Crippen molar-refractivity contribution in [2.45, 2.75) is 32.6 Å². The van der Waals surface area contributed by atoms with E-state index in [0.29, 0.717) is 5.92 Å². The zero-order chi connectivity index (χ0) is 11.7. The molecule has 2 atom stereocenters. The van der Waals surface area contributed by atoms with Gasteiger partial charge >= 0.3 is 0 Å². The molecule has 1 saturated heterocycles. The Hall–Kier alpha value is -0.900. The first-order valence-corrected chi connectivity index (χ1v) is 6.08. The summed E-state index contributed by atoms with van der Waals surface area (Å²) in [7, 11) is 0. The fourth-order valence-corrected chi connectivity index (χ4v) is 2.06. The maximum atomic E-state index is 6.19. The average Bonchev–Trinajstić information content (AvgIpc) is 2.26. The van der Waals surface area contributed by atoms with E-state index in [4.69, 9.17) is 11.6 Å². The van der Waals surface area contributed by atoms with Crippen molar-refractivity contribution in [2.24, 2.45) is 5.92 Å². The van der Waals surface area contributed by atoms with Crippen molar-refractivity contribution in [3.8, 4) is 0 Å². The van der Waals surface area contributed by atoms with Gasteiger partial charge in [0.2, 0.25) is 5.95 Å². The molecular weight excluding hydrogens is 224 g/mol. The molecule has 88 valence electrons. The molecule has 0 bridgehead atoms. The number of halogens is 1. The van der Waals surface area contributed by atoms with E-state index in [1.165, 1.54) is 0 Å². The predicted octanol–water partition coefficient (Wildman–Crippen LogP) is 1.94. The van der Waals surface area contributed by atoms with Gasteiger partial charge in [0.15, 0.2) is 0 Å². The van der Waals surface area contributed by atoms with Crippen LogP contribution in [0.1, 0.15) is 24.7 Å². The van der Waals surface area contributed by atoms with E-state index in [2.05, 4.69) is 27.0 Å². The van der Waals surface area contributed by atoms with Crippen LogP contribution in [0.15, 0.2) is 0 Å². The molecule has 1 aromatic rings. The minimum absolute atomic E-state index is 0.274. The highest BCUT2D eigenvalue weighted by Crippen LogP contribution is 2.24. The topological polar surface area (TPSA) is 41.9 Å². The van der Waals surface area contributed by atoms with Crippen LogP contribution in [0.25, 0.3) is 0 Å². The zero-order valence-electron chi connectivity index (χ0n) is 9.94. The van der Waals surface area contributed by atoms with E-state index in [0.717, 1.165) is 36.8 Å². The number of hydrogen-bond donors (Lipinski definition) is 0. The number of rotatable bonds is 1. The Bertz CT molecular complexity index is 382. The van der Waals surface area contributed by atoms with Crippen LogP contribution < -0.4 is 4.90 Å². The second kappa shape index (κ2) is 4.53. The number of nitrogens with zero attached hydrogens (tertiary/aromatic N) is 4. The van der Waals surface area contributed by atoms with Crippen molar-refractivity contribution >= 4 is 17.5 Å². The van der Waals surface area contributed by atoms with Gasteiger partial charge in [0, 0.05) is 18.5 Å². The lowest BCUT2D eigenvalue weighted by molar-refractivity contribution is 0.448. The molecule has 0 saturated carbocycles. The quantitative estimate of drug-likeness (QED) is 0.704. The molecule has 2 unspecified atom stereocenters. The summed E-state index contributed by atoms with van der Waals surface area (Å²) in [6.45, 7) is 7.89. The second-order valence-electron chi connectivity index (χ2n) is 4.51. The van der Waals surface area contributed by atoms with Gasteiger partial charge in [-0.25, -0.2) is 4.98 Å². The molecule has 1 aliphatic heterocycles. The molecule has 0 aliphatic carbocycles. The summed E-state index contributed by atoms with van der Waals surface area (Å²) in [5.41, 5.74) is 1.84. The van der Waals surface area contributed by atoms with E-state index in [-0.39, 0.29) is 5.38 Å². The summed E-state index contributed by atoms with van der Waals surface area (Å²) in [5, 5.41) is 8.53. The van der Waals surface area contributed by atoms with Crippen LogP contribution in [-0.2, 0) is 0 Å². The number of aryl methyl sites for hydroxylation is 2. The largest absolute Gasteiger partial charge is 0.339 e. The van der Waals surface area contributed by atoms with Crippen molar-refractivity contribution in [1.82, 2.24) is 15.2 Å². The molecule has 1 aliphatic rings. The number of alkyl halides is 1. The van der Waals surface area contributed by atoms with Gasteiger partial charge in [0.1, 0.15) is 0 Å². The molecule has 0 radical (unpaired) electrons. The van der Waals surface area contributed by atoms with E-state index in [1.807, 2.05) is 13.8 Å². The molecule has 5 heteroatoms. The van der Waals surface area contributed by atoms with Crippen LogP contribution in [0.5, 0.6) is 0 Å². The highest BCUT2D eigenvalue weighted by atomic mass is 35.5. The third-order valence-electron chi connectivity index (χ3n) is 3.16. The van der Waals surface area contributed by atoms with E-state index in [9.17, 15) is 0 Å². The first-order valence-electron chi connectivity index (χ1n) is 5.65. The molecule has 0 N–H and O–H groups in total. The standard InChI is InChI=1S/C11H17ClN4/c1-7-6-16(5-4-10(7)12)11-13-8(2)9(3)14-15-11/h7,10H,4-6H2,1-3H3. The van der Waals surface area contributed by atoms with Gasteiger partial charge in [0.25, 0.3) is 0 Å². The Morgan fingerprint density at radius 2 is 2.00 bits per heavy atom. The minimum atomic E-state index is 0.274. The van der Waals surface area contributed by atoms with E-state index >= 15 is 0 Å². The summed E-state index contributed by atoms with van der Waals surface area (Å²) in [5.74, 6) is 1.21. The van der Waals surface area contributed by atoms with E-state index < -0.39 is 0 Å². The van der Waals surface area contributed by atoms with Gasteiger partial charge in [0.05, 0.1) is 11.4 Å². The number of piperidine rings is 1. The van der Waals surface area contributed by atoms with Gasteiger partial charge in [-0.15, -0.1) is 16.7 Å². The van der Waals surface area contributed by atoms with Crippen molar-refractivity contribution in [1.29, 1.82) is 0 Å². The highest BCUT2D eigenvalue weighted by Gasteiger charge is 2.26. The molecular formula is C11H17ClN4. The first-order chi connectivity index (χ1) is 7.58. The van der Waals surface area contributed by atoms with Crippen LogP contribution in [-0.4, -0.2) is 33.6 Å². The van der Waals surface area contributed by atoms with Crippen LogP contribution in [0.3, 0.4) is 0 Å². The molecule has 0 spiro atoms. The van der Waals surface area contributed by atoms with Crippen molar-refractivity contribution in [3.63, 3.8) is 0 Å². The molecule has 1 aromatic heterocycles. The third-order valence-corrected chi connectivity index (χ3v) is 3.81. The smallest absolute Gasteiger partial charge is 0.245 e. The van der Waals surface area contributed by atoms with Gasteiger partial charge < -0.3 is 4.90 Å². The summed E-state index contributed by atoms with van der Waals surface area (Å²) in [6.07, 6.45) is 0.985. The van der Waals surface area contributed by atoms with Gasteiger partial charge in [-0.1, -0.05) is 6.92 Å². The van der Waals surface area contributed by atoms with E-state index in [1.54, 1.807) is 0 Å². The highest BCUT2D eigenvalue weighted by molar-refractivity contribution is 6.20. The lowest BCUT2D eigenvalue weighted by Crippen LogP contribution is -2.41. The molecule has 2 rings (SSSR count). The third kappa shape index (κ3) is 2.26. The molecule has 0 aromatic carbocycles. The zero-order valence-corrected chi connectivity index (χ0v) is 10.7. The second-order valence-corrected chi connectivity index (χ2v) is 5.07. The summed E-state index contributed by atoms with van der Waals surface area (Å²) in [6, 6.07) is 0. The molecule has 2 heterocycles. The summed E-state index contributed by atoms with van der Waals surface area (Å²) >= 11 is 6.19. The van der Waals surface area contributed by atoms with Crippen molar-refractivity contribution < 1.29 is 0 Å².